The number of para-hydroxylation sites is 6. The van der Waals surface area contributed by atoms with Crippen molar-refractivity contribution in [3.8, 4) is 79.0 Å². The van der Waals surface area contributed by atoms with Gasteiger partial charge in [0, 0.05) is 39.4 Å². The summed E-state index contributed by atoms with van der Waals surface area (Å²) in [5.41, 5.74) is 15.1. The average Bonchev–Trinajstić information content (AvgIpc) is 4.11. The molecule has 0 aliphatic heterocycles. The molecule has 6 nitrogen and oxygen atoms in total. The molecule has 10 aromatic carbocycles. The summed E-state index contributed by atoms with van der Waals surface area (Å²) < 4.78 is 18.3. The minimum atomic E-state index is 0. The van der Waals surface area contributed by atoms with E-state index < -0.39 is 0 Å². The van der Waals surface area contributed by atoms with Crippen LogP contribution in [0.5, 0.6) is 11.5 Å². The first-order valence-corrected chi connectivity index (χ1v) is 22.7. The first kappa shape index (κ1) is 41.8. The van der Waals surface area contributed by atoms with Crippen molar-refractivity contribution >= 4 is 44.0 Å². The van der Waals surface area contributed by atoms with Crippen LogP contribution in [-0.2, 0) is 21.1 Å². The zero-order valence-electron chi connectivity index (χ0n) is 36.9. The van der Waals surface area contributed by atoms with Gasteiger partial charge in [0.05, 0.1) is 39.3 Å². The maximum Gasteiger partial charge on any atom is 2.00 e. The van der Waals surface area contributed by atoms with Crippen molar-refractivity contribution in [2.75, 3.05) is 0 Å². The molecule has 328 valence electrons. The number of imidazole rings is 2. The van der Waals surface area contributed by atoms with Crippen molar-refractivity contribution < 1.29 is 30.2 Å². The Morgan fingerprint density at radius 3 is 1.58 bits per heavy atom. The molecule has 13 rings (SSSR count). The maximum absolute atomic E-state index is 6.95. The van der Waals surface area contributed by atoms with Gasteiger partial charge in [0.25, 0.3) is 0 Å². The topological polar surface area (TPSA) is 58.0 Å². The van der Waals surface area contributed by atoms with Gasteiger partial charge in [0.15, 0.2) is 0 Å². The molecular weight excluding hydrogens is 1030 g/mol. The minimum absolute atomic E-state index is 0. The largest absolute Gasteiger partial charge is 2.00 e. The van der Waals surface area contributed by atoms with Crippen LogP contribution in [-0.4, -0.2) is 19.1 Å². The van der Waals surface area contributed by atoms with Crippen LogP contribution in [0.3, 0.4) is 0 Å². The van der Waals surface area contributed by atoms with Gasteiger partial charge in [-0.1, -0.05) is 193 Å². The van der Waals surface area contributed by atoms with Crippen LogP contribution in [0.4, 0.5) is 0 Å². The van der Waals surface area contributed by atoms with Gasteiger partial charge < -0.3 is 18.3 Å². The van der Waals surface area contributed by atoms with E-state index in [9.17, 15) is 0 Å². The number of furan rings is 1. The van der Waals surface area contributed by atoms with Crippen LogP contribution < -0.4 is 4.74 Å². The molecule has 69 heavy (non-hydrogen) atoms. The quantitative estimate of drug-likeness (QED) is 0.135. The summed E-state index contributed by atoms with van der Waals surface area (Å²) >= 11 is 0. The van der Waals surface area contributed by atoms with Crippen LogP contribution >= 0.6 is 0 Å². The first-order chi connectivity index (χ1) is 33.7. The number of benzene rings is 10. The summed E-state index contributed by atoms with van der Waals surface area (Å²) in [6.45, 7) is 0. The Morgan fingerprint density at radius 1 is 0.406 bits per heavy atom. The van der Waals surface area contributed by atoms with Gasteiger partial charge in [-0.05, 0) is 64.7 Å². The summed E-state index contributed by atoms with van der Waals surface area (Å²) in [4.78, 5) is 10.6. The van der Waals surface area contributed by atoms with Crippen molar-refractivity contribution in [3.05, 3.63) is 243 Å². The number of hydrogen-bond donors (Lipinski definition) is 0. The van der Waals surface area contributed by atoms with Gasteiger partial charge in [0.2, 0.25) is 0 Å². The van der Waals surface area contributed by atoms with E-state index in [1.54, 1.807) is 0 Å². The van der Waals surface area contributed by atoms with Gasteiger partial charge in [-0.2, -0.15) is 0 Å². The van der Waals surface area contributed by atoms with Gasteiger partial charge in [-0.3, -0.25) is 9.97 Å². The predicted octanol–water partition coefficient (Wildman–Crippen LogP) is 16.0. The second-order valence-corrected chi connectivity index (χ2v) is 16.7. The third-order valence-electron chi connectivity index (χ3n) is 12.6. The maximum atomic E-state index is 6.95. The van der Waals surface area contributed by atoms with Crippen LogP contribution in [0.2, 0.25) is 0 Å². The Balaban J connectivity index is 0.00000492. The Labute approximate surface area is 412 Å². The fourth-order valence-corrected chi connectivity index (χ4v) is 9.52. The average molecular weight is 1070 g/mol. The molecule has 3 heterocycles. The SMILES string of the molecule is [Pt+2].[c-]1c(Oc2[c-]c(-c3nc4ccccc4n3-c3ccccc3-c3ccccc3)c3oc4cc(-c5ccccc5)ccc4c3c2)cccc1-c1nc2ccccc2n1-c1ccccc1-c1ccccc1. The molecule has 0 atom stereocenters. The summed E-state index contributed by atoms with van der Waals surface area (Å²) in [6, 6.07) is 86.4. The van der Waals surface area contributed by atoms with E-state index in [4.69, 9.17) is 19.1 Å². The molecule has 13 aromatic rings. The summed E-state index contributed by atoms with van der Waals surface area (Å²) in [6.07, 6.45) is 0. The molecule has 0 aliphatic carbocycles. The number of rotatable bonds is 9. The summed E-state index contributed by atoms with van der Waals surface area (Å²) in [7, 11) is 0. The van der Waals surface area contributed by atoms with Crippen LogP contribution in [0, 0.1) is 12.1 Å². The molecule has 0 N–H and O–H groups in total. The fourth-order valence-electron chi connectivity index (χ4n) is 9.52. The van der Waals surface area contributed by atoms with Gasteiger partial charge in [-0.25, -0.2) is 0 Å². The van der Waals surface area contributed by atoms with E-state index in [0.717, 1.165) is 94.6 Å². The molecule has 0 spiro atoms. The Morgan fingerprint density at radius 2 is 0.942 bits per heavy atom. The fraction of sp³-hybridized carbons (Fsp3) is 0. The first-order valence-electron chi connectivity index (χ1n) is 22.7. The molecule has 0 fully saturated rings. The molecule has 0 saturated heterocycles. The molecule has 0 unspecified atom stereocenters. The Hall–Kier alpha value is -8.57. The molecule has 0 amide bonds. The number of hydrogen-bond acceptors (Lipinski definition) is 4. The minimum Gasteiger partial charge on any atom is -0.501 e. The monoisotopic (exact) mass is 1070 g/mol. The Kier molecular flexibility index (Phi) is 10.7. The molecular formula is C62H38N4O2Pt. The normalized spacial score (nSPS) is 11.4. The van der Waals surface area contributed by atoms with Crippen LogP contribution in [0.1, 0.15) is 0 Å². The van der Waals surface area contributed by atoms with E-state index in [1.165, 1.54) is 0 Å². The molecule has 0 bridgehead atoms. The zero-order valence-corrected chi connectivity index (χ0v) is 39.1. The number of nitrogens with zero attached hydrogens (tertiary/aromatic N) is 4. The van der Waals surface area contributed by atoms with Crippen LogP contribution in [0.25, 0.3) is 112 Å². The molecule has 7 heteroatoms. The van der Waals surface area contributed by atoms with E-state index in [2.05, 4.69) is 197 Å². The van der Waals surface area contributed by atoms with Crippen molar-refractivity contribution in [1.82, 2.24) is 19.1 Å². The van der Waals surface area contributed by atoms with Crippen LogP contribution in [0.15, 0.2) is 235 Å². The van der Waals surface area contributed by atoms with E-state index in [1.807, 2.05) is 54.6 Å². The van der Waals surface area contributed by atoms with E-state index in [-0.39, 0.29) is 21.1 Å². The van der Waals surface area contributed by atoms with Crippen molar-refractivity contribution in [2.24, 2.45) is 0 Å². The van der Waals surface area contributed by atoms with Crippen molar-refractivity contribution in [1.29, 1.82) is 0 Å². The second kappa shape index (κ2) is 17.6. The standard InChI is InChI=1S/C62H38N4O2.Pt/c1-4-19-41(20-5-1)44-35-36-50-51-39-47(67-46-26-18-25-45(37-46)61-63-53-29-12-16-33-57(53)65(61)55-31-14-10-27-48(55)42-21-6-2-7-22-42)40-52(60(51)68-59(50)38-44)62-64-54-30-13-17-34-58(54)66(62)56-32-15-11-28-49(56)43-23-8-3-9-24-43;/h1-36,38-39H;/q-2;+2. The van der Waals surface area contributed by atoms with Gasteiger partial charge in [0.1, 0.15) is 5.58 Å². The molecule has 0 saturated carbocycles. The smallest absolute Gasteiger partial charge is 0.501 e. The van der Waals surface area contributed by atoms with Crippen molar-refractivity contribution in [3.63, 3.8) is 0 Å². The third kappa shape index (κ3) is 7.43. The number of aromatic nitrogens is 4. The molecule has 0 aliphatic rings. The third-order valence-corrected chi connectivity index (χ3v) is 12.6. The predicted molar refractivity (Wildman–Crippen MR) is 274 cm³/mol. The second-order valence-electron chi connectivity index (χ2n) is 16.7. The summed E-state index contributed by atoms with van der Waals surface area (Å²) in [5.74, 6) is 2.44. The number of ether oxygens (including phenoxy) is 1. The van der Waals surface area contributed by atoms with Crippen molar-refractivity contribution in [2.45, 2.75) is 0 Å². The van der Waals surface area contributed by atoms with E-state index in [0.29, 0.717) is 28.5 Å². The number of fused-ring (bicyclic) bond motifs is 5. The molecule has 0 radical (unpaired) electrons. The Bertz CT molecular complexity index is 4010. The zero-order chi connectivity index (χ0) is 45.0. The van der Waals surface area contributed by atoms with Gasteiger partial charge in [-0.15, -0.1) is 23.8 Å². The summed E-state index contributed by atoms with van der Waals surface area (Å²) in [5, 5.41) is 1.84. The molecule has 3 aromatic heterocycles. The van der Waals surface area contributed by atoms with Gasteiger partial charge >= 0.3 is 21.1 Å². The van der Waals surface area contributed by atoms with E-state index >= 15 is 0 Å².